The van der Waals surface area contributed by atoms with Crippen LogP contribution in [0.5, 0.6) is 17.2 Å². The number of fused-ring (bicyclic) bond motifs is 1. The van der Waals surface area contributed by atoms with Crippen LogP contribution in [-0.4, -0.2) is 31.3 Å². The van der Waals surface area contributed by atoms with E-state index in [9.17, 15) is 13.6 Å². The number of carbonyl (C=O) groups is 1. The van der Waals surface area contributed by atoms with Crippen LogP contribution in [0.15, 0.2) is 24.8 Å². The van der Waals surface area contributed by atoms with E-state index in [4.69, 9.17) is 9.47 Å². The van der Waals surface area contributed by atoms with Crippen molar-refractivity contribution >= 4 is 5.91 Å². The zero-order chi connectivity index (χ0) is 14.7. The van der Waals surface area contributed by atoms with E-state index in [2.05, 4.69) is 11.3 Å². The number of carbonyl (C=O) groups excluding carboxylic acids is 1. The first kappa shape index (κ1) is 14.1. The molecule has 5 nitrogen and oxygen atoms in total. The third-order valence-corrected chi connectivity index (χ3v) is 2.73. The van der Waals surface area contributed by atoms with E-state index in [1.807, 2.05) is 0 Å². The van der Waals surface area contributed by atoms with Gasteiger partial charge in [0.2, 0.25) is 12.7 Å². The monoisotopic (exact) mass is 285 g/mol. The largest absolute Gasteiger partial charge is 0.454 e. The van der Waals surface area contributed by atoms with Gasteiger partial charge in [0.1, 0.15) is 5.75 Å². The molecular formula is C13H13F2NO4. The van der Waals surface area contributed by atoms with Gasteiger partial charge in [0.25, 0.3) is 0 Å². The number of alkyl halides is 2. The maximum Gasteiger partial charge on any atom is 0.387 e. The molecule has 1 amide bonds. The van der Waals surface area contributed by atoms with Crippen LogP contribution in [0.1, 0.15) is 5.56 Å². The van der Waals surface area contributed by atoms with Crippen molar-refractivity contribution in [1.29, 1.82) is 0 Å². The number of nitrogens with zero attached hydrogens (tertiary/aromatic N) is 1. The van der Waals surface area contributed by atoms with Gasteiger partial charge in [-0.3, -0.25) is 4.79 Å². The molecule has 0 bridgehead atoms. The smallest absolute Gasteiger partial charge is 0.387 e. The lowest BCUT2D eigenvalue weighted by Gasteiger charge is -2.18. The molecule has 1 aliphatic rings. The highest BCUT2D eigenvalue weighted by Crippen LogP contribution is 2.39. The quantitative estimate of drug-likeness (QED) is 0.778. The number of benzene rings is 1. The Morgan fingerprint density at radius 1 is 1.50 bits per heavy atom. The van der Waals surface area contributed by atoms with E-state index in [0.717, 1.165) is 6.08 Å². The molecule has 1 aromatic rings. The van der Waals surface area contributed by atoms with E-state index in [1.54, 1.807) is 0 Å². The average Bonchev–Trinajstić information content (AvgIpc) is 2.84. The van der Waals surface area contributed by atoms with Crippen LogP contribution in [0.3, 0.4) is 0 Å². The molecule has 7 heteroatoms. The molecule has 0 atom stereocenters. The first-order chi connectivity index (χ1) is 9.51. The minimum Gasteiger partial charge on any atom is -0.454 e. The molecule has 0 fully saturated rings. The summed E-state index contributed by atoms with van der Waals surface area (Å²) in [5.41, 5.74) is 0.396. The maximum atomic E-state index is 12.4. The second-order valence-corrected chi connectivity index (χ2v) is 4.09. The minimum absolute atomic E-state index is 0.0222. The topological polar surface area (TPSA) is 48.0 Å². The highest BCUT2D eigenvalue weighted by molar-refractivity contribution is 5.86. The number of halogens is 2. The number of likely N-dealkylation sites (N-methyl/N-ethyl adjacent to an activating group) is 1. The fraction of sp³-hybridized carbons (Fsp3) is 0.308. The van der Waals surface area contributed by atoms with Gasteiger partial charge in [-0.15, -0.1) is 0 Å². The lowest BCUT2D eigenvalue weighted by Crippen LogP contribution is -2.24. The summed E-state index contributed by atoms with van der Waals surface area (Å²) in [6.45, 7) is 0.510. The fourth-order valence-electron chi connectivity index (χ4n) is 1.78. The zero-order valence-corrected chi connectivity index (χ0v) is 10.8. The van der Waals surface area contributed by atoms with Gasteiger partial charge in [0, 0.05) is 25.2 Å². The van der Waals surface area contributed by atoms with Gasteiger partial charge >= 0.3 is 6.61 Å². The Morgan fingerprint density at radius 2 is 2.15 bits per heavy atom. The summed E-state index contributed by atoms with van der Waals surface area (Å²) in [6, 6.07) is 2.85. The number of rotatable bonds is 5. The van der Waals surface area contributed by atoms with Crippen molar-refractivity contribution < 1.29 is 27.8 Å². The van der Waals surface area contributed by atoms with Gasteiger partial charge in [0.15, 0.2) is 11.5 Å². The van der Waals surface area contributed by atoms with Crippen LogP contribution in [0.25, 0.3) is 0 Å². The molecule has 1 aliphatic heterocycles. The lowest BCUT2D eigenvalue weighted by atomic mass is 10.1. The molecule has 20 heavy (non-hydrogen) atoms. The molecular weight excluding hydrogens is 272 g/mol. The van der Waals surface area contributed by atoms with Crippen LogP contribution in [0.4, 0.5) is 8.78 Å². The summed E-state index contributed by atoms with van der Waals surface area (Å²) >= 11 is 0. The molecule has 0 unspecified atom stereocenters. The van der Waals surface area contributed by atoms with Crippen molar-refractivity contribution in [3.05, 3.63) is 30.4 Å². The lowest BCUT2D eigenvalue weighted by molar-refractivity contribution is -0.125. The van der Waals surface area contributed by atoms with Crippen LogP contribution in [-0.2, 0) is 11.3 Å². The third-order valence-electron chi connectivity index (χ3n) is 2.73. The van der Waals surface area contributed by atoms with Gasteiger partial charge in [-0.2, -0.15) is 8.78 Å². The summed E-state index contributed by atoms with van der Waals surface area (Å²) in [5, 5.41) is 0. The SMILES string of the molecule is C=CC(=O)N(C)Cc1cc2c(cc1OC(F)F)OCO2. The van der Waals surface area contributed by atoms with E-state index < -0.39 is 6.61 Å². The maximum absolute atomic E-state index is 12.4. The molecule has 108 valence electrons. The van der Waals surface area contributed by atoms with E-state index >= 15 is 0 Å². The molecule has 0 radical (unpaired) electrons. The molecule has 0 aliphatic carbocycles. The summed E-state index contributed by atoms with van der Waals surface area (Å²) in [6.07, 6.45) is 1.14. The first-order valence-electron chi connectivity index (χ1n) is 5.76. The Balaban J connectivity index is 2.29. The fourth-order valence-corrected chi connectivity index (χ4v) is 1.78. The average molecular weight is 285 g/mol. The molecule has 1 heterocycles. The Labute approximate surface area is 114 Å². The highest BCUT2D eigenvalue weighted by atomic mass is 19.3. The van der Waals surface area contributed by atoms with Gasteiger partial charge < -0.3 is 19.1 Å². The second-order valence-electron chi connectivity index (χ2n) is 4.09. The highest BCUT2D eigenvalue weighted by Gasteiger charge is 2.21. The van der Waals surface area contributed by atoms with E-state index in [-0.39, 0.29) is 25.0 Å². The van der Waals surface area contributed by atoms with E-state index in [1.165, 1.54) is 24.1 Å². The van der Waals surface area contributed by atoms with Crippen LogP contribution in [0.2, 0.25) is 0 Å². The van der Waals surface area contributed by atoms with Crippen LogP contribution < -0.4 is 14.2 Å². The molecule has 0 saturated heterocycles. The Hall–Kier alpha value is -2.31. The van der Waals surface area contributed by atoms with Crippen molar-refractivity contribution in [3.8, 4) is 17.2 Å². The molecule has 0 spiro atoms. The molecule has 0 N–H and O–H groups in total. The summed E-state index contributed by atoms with van der Waals surface area (Å²) in [4.78, 5) is 12.8. The predicted molar refractivity (Wildman–Crippen MR) is 65.9 cm³/mol. The van der Waals surface area contributed by atoms with Crippen molar-refractivity contribution in [2.24, 2.45) is 0 Å². The Morgan fingerprint density at radius 3 is 2.75 bits per heavy atom. The predicted octanol–water partition coefficient (Wildman–Crippen LogP) is 2.16. The standard InChI is InChI=1S/C13H13F2NO4/c1-3-12(17)16(2)6-8-4-10-11(19-7-18-10)5-9(8)20-13(14)15/h3-5,13H,1,6-7H2,2H3. The van der Waals surface area contributed by atoms with Crippen molar-refractivity contribution in [3.63, 3.8) is 0 Å². The molecule has 0 saturated carbocycles. The summed E-state index contributed by atoms with van der Waals surface area (Å²) in [7, 11) is 1.53. The zero-order valence-electron chi connectivity index (χ0n) is 10.8. The van der Waals surface area contributed by atoms with Gasteiger partial charge in [-0.05, 0) is 12.1 Å². The van der Waals surface area contributed by atoms with Gasteiger partial charge in [-0.1, -0.05) is 6.58 Å². The molecule has 1 aromatic carbocycles. The van der Waals surface area contributed by atoms with Gasteiger partial charge in [-0.25, -0.2) is 0 Å². The Kier molecular flexibility index (Phi) is 4.07. The number of hydrogen-bond acceptors (Lipinski definition) is 4. The Bertz CT molecular complexity index is 533. The number of amides is 1. The molecule has 0 aromatic heterocycles. The summed E-state index contributed by atoms with van der Waals surface area (Å²) < 4.78 is 39.6. The van der Waals surface area contributed by atoms with E-state index in [0.29, 0.717) is 17.1 Å². The third kappa shape index (κ3) is 2.98. The number of ether oxygens (including phenoxy) is 3. The normalized spacial score (nSPS) is 12.4. The first-order valence-corrected chi connectivity index (χ1v) is 5.76. The second kappa shape index (κ2) is 5.77. The van der Waals surface area contributed by atoms with Crippen molar-refractivity contribution in [2.75, 3.05) is 13.8 Å². The van der Waals surface area contributed by atoms with Crippen LogP contribution >= 0.6 is 0 Å². The minimum atomic E-state index is -2.96. The van der Waals surface area contributed by atoms with Crippen molar-refractivity contribution in [1.82, 2.24) is 4.90 Å². The summed E-state index contributed by atoms with van der Waals surface area (Å²) in [5.74, 6) is 0.391. The number of hydrogen-bond donors (Lipinski definition) is 0. The van der Waals surface area contributed by atoms with Crippen molar-refractivity contribution in [2.45, 2.75) is 13.2 Å². The van der Waals surface area contributed by atoms with Gasteiger partial charge in [0.05, 0.1) is 0 Å². The van der Waals surface area contributed by atoms with Crippen LogP contribution in [0, 0.1) is 0 Å². The molecule has 2 rings (SSSR count).